The highest BCUT2D eigenvalue weighted by molar-refractivity contribution is 7.91. The van der Waals surface area contributed by atoms with Crippen molar-refractivity contribution >= 4 is 37.8 Å². The summed E-state index contributed by atoms with van der Waals surface area (Å²) in [6.45, 7) is 0.130. The number of thiazole rings is 1. The largest absolute Gasteiger partial charge is 0.374 e. The SMILES string of the molecule is Nc1nnc(S(=O)(=O)NCc2cscn2)s1. The van der Waals surface area contributed by atoms with E-state index in [1.165, 1.54) is 11.3 Å². The first-order valence-corrected chi connectivity index (χ1v) is 7.28. The molecule has 2 rings (SSSR count). The Bertz CT molecular complexity index is 561. The maximum Gasteiger partial charge on any atom is 0.270 e. The predicted molar refractivity (Wildman–Crippen MR) is 60.5 cm³/mol. The third-order valence-corrected chi connectivity index (χ3v) is 4.74. The van der Waals surface area contributed by atoms with Crippen LogP contribution in [0.2, 0.25) is 0 Å². The van der Waals surface area contributed by atoms with Gasteiger partial charge in [0.2, 0.25) is 9.47 Å². The van der Waals surface area contributed by atoms with Crippen molar-refractivity contribution in [1.82, 2.24) is 19.9 Å². The van der Waals surface area contributed by atoms with E-state index < -0.39 is 10.0 Å². The van der Waals surface area contributed by atoms with Crippen molar-refractivity contribution in [2.24, 2.45) is 0 Å². The lowest BCUT2D eigenvalue weighted by atomic mass is 10.5. The number of hydrogen-bond donors (Lipinski definition) is 2. The summed E-state index contributed by atoms with van der Waals surface area (Å²) in [5, 5.41) is 8.78. The number of nitrogens with zero attached hydrogens (tertiary/aromatic N) is 3. The molecule has 0 amide bonds. The van der Waals surface area contributed by atoms with Crippen LogP contribution >= 0.6 is 22.7 Å². The van der Waals surface area contributed by atoms with Gasteiger partial charge in [0, 0.05) is 5.38 Å². The second-order valence-corrected chi connectivity index (χ2v) is 6.38. The lowest BCUT2D eigenvalue weighted by Crippen LogP contribution is -2.23. The number of nitrogens with two attached hydrogens (primary N) is 1. The molecule has 10 heteroatoms. The summed E-state index contributed by atoms with van der Waals surface area (Å²) in [6.07, 6.45) is 0. The second-order valence-electron chi connectivity index (χ2n) is 2.71. The Hall–Kier alpha value is -1.10. The van der Waals surface area contributed by atoms with Gasteiger partial charge in [-0.3, -0.25) is 0 Å². The van der Waals surface area contributed by atoms with Gasteiger partial charge in [0.1, 0.15) is 0 Å². The predicted octanol–water partition coefficient (Wildman–Crippen LogP) is 0.0553. The van der Waals surface area contributed by atoms with Crippen molar-refractivity contribution in [3.63, 3.8) is 0 Å². The summed E-state index contributed by atoms with van der Waals surface area (Å²) >= 11 is 2.22. The average molecular weight is 277 g/mol. The monoisotopic (exact) mass is 277 g/mol. The van der Waals surface area contributed by atoms with Gasteiger partial charge in [-0.05, 0) is 0 Å². The highest BCUT2D eigenvalue weighted by Gasteiger charge is 2.19. The zero-order chi connectivity index (χ0) is 11.6. The number of nitrogens with one attached hydrogen (secondary N) is 1. The van der Waals surface area contributed by atoms with E-state index in [2.05, 4.69) is 19.9 Å². The maximum atomic E-state index is 11.7. The van der Waals surface area contributed by atoms with Crippen molar-refractivity contribution in [3.05, 3.63) is 16.6 Å². The van der Waals surface area contributed by atoms with E-state index in [1.54, 1.807) is 10.9 Å². The smallest absolute Gasteiger partial charge is 0.270 e. The van der Waals surface area contributed by atoms with Crippen LogP contribution in [-0.2, 0) is 16.6 Å². The van der Waals surface area contributed by atoms with Crippen LogP contribution in [0.1, 0.15) is 5.69 Å². The second kappa shape index (κ2) is 4.41. The Morgan fingerprint density at radius 1 is 1.44 bits per heavy atom. The first kappa shape index (κ1) is 11.4. The molecule has 0 aliphatic rings. The Labute approximate surface area is 99.4 Å². The first-order chi connectivity index (χ1) is 7.58. The molecule has 0 saturated heterocycles. The molecule has 7 nitrogen and oxygen atoms in total. The lowest BCUT2D eigenvalue weighted by molar-refractivity contribution is 0.578. The van der Waals surface area contributed by atoms with Crippen LogP contribution in [0.5, 0.6) is 0 Å². The van der Waals surface area contributed by atoms with Gasteiger partial charge in [-0.1, -0.05) is 11.3 Å². The third kappa shape index (κ3) is 2.52. The molecule has 16 heavy (non-hydrogen) atoms. The van der Waals surface area contributed by atoms with Crippen molar-refractivity contribution in [1.29, 1.82) is 0 Å². The van der Waals surface area contributed by atoms with Crippen LogP contribution in [-0.4, -0.2) is 23.6 Å². The molecule has 0 spiro atoms. The minimum Gasteiger partial charge on any atom is -0.374 e. The van der Waals surface area contributed by atoms with Crippen molar-refractivity contribution < 1.29 is 8.42 Å². The van der Waals surface area contributed by atoms with Crippen LogP contribution < -0.4 is 10.5 Å². The van der Waals surface area contributed by atoms with E-state index in [9.17, 15) is 8.42 Å². The van der Waals surface area contributed by atoms with Crippen LogP contribution in [0.25, 0.3) is 0 Å². The summed E-state index contributed by atoms with van der Waals surface area (Å²) in [7, 11) is -3.64. The number of sulfonamides is 1. The molecule has 2 aromatic rings. The Morgan fingerprint density at radius 2 is 2.25 bits per heavy atom. The highest BCUT2D eigenvalue weighted by Crippen LogP contribution is 2.16. The minimum absolute atomic E-state index is 0.119. The first-order valence-electron chi connectivity index (χ1n) is 4.03. The Balaban J connectivity index is 2.09. The molecular weight excluding hydrogens is 270 g/mol. The molecule has 0 radical (unpaired) electrons. The zero-order valence-electron chi connectivity index (χ0n) is 7.82. The lowest BCUT2D eigenvalue weighted by Gasteiger charge is -1.99. The normalized spacial score (nSPS) is 11.8. The molecule has 0 unspecified atom stereocenters. The van der Waals surface area contributed by atoms with Gasteiger partial charge in [-0.2, -0.15) is 0 Å². The molecule has 0 aliphatic carbocycles. The van der Waals surface area contributed by atoms with Crippen molar-refractivity contribution in [3.8, 4) is 0 Å². The standard InChI is InChI=1S/C6H7N5O2S3/c7-5-10-11-6(15-5)16(12,13)9-1-4-2-14-3-8-4/h2-3,9H,1H2,(H2,7,10). The minimum atomic E-state index is -3.64. The Kier molecular flexibility index (Phi) is 3.14. The topological polar surface area (TPSA) is 111 Å². The van der Waals surface area contributed by atoms with Gasteiger partial charge < -0.3 is 5.73 Å². The van der Waals surface area contributed by atoms with E-state index in [0.717, 1.165) is 11.3 Å². The quantitative estimate of drug-likeness (QED) is 0.817. The number of anilines is 1. The van der Waals surface area contributed by atoms with E-state index in [1.807, 2.05) is 0 Å². The number of rotatable bonds is 4. The van der Waals surface area contributed by atoms with Crippen molar-refractivity contribution in [2.45, 2.75) is 10.9 Å². The fraction of sp³-hybridized carbons (Fsp3) is 0.167. The van der Waals surface area contributed by atoms with Crippen LogP contribution in [0.3, 0.4) is 0 Å². The number of nitrogen functional groups attached to an aromatic ring is 1. The van der Waals surface area contributed by atoms with Crippen LogP contribution in [0.4, 0.5) is 5.13 Å². The molecule has 0 aliphatic heterocycles. The highest BCUT2D eigenvalue weighted by atomic mass is 32.2. The molecular formula is C6H7N5O2S3. The van der Waals surface area contributed by atoms with Crippen LogP contribution in [0, 0.1) is 0 Å². The van der Waals surface area contributed by atoms with Gasteiger partial charge in [0.05, 0.1) is 17.7 Å². The summed E-state index contributed by atoms with van der Waals surface area (Å²) in [5.74, 6) is 0. The van der Waals surface area contributed by atoms with Gasteiger partial charge in [0.25, 0.3) is 10.0 Å². The fourth-order valence-electron chi connectivity index (χ4n) is 0.885. The number of aromatic nitrogens is 3. The summed E-state index contributed by atoms with van der Waals surface area (Å²) < 4.78 is 25.5. The number of hydrogen-bond acceptors (Lipinski definition) is 8. The maximum absolute atomic E-state index is 11.7. The third-order valence-electron chi connectivity index (χ3n) is 1.58. The summed E-state index contributed by atoms with van der Waals surface area (Å²) in [4.78, 5) is 3.95. The van der Waals surface area contributed by atoms with E-state index in [-0.39, 0.29) is 16.0 Å². The molecule has 86 valence electrons. The van der Waals surface area contributed by atoms with Gasteiger partial charge in [-0.25, -0.2) is 18.1 Å². The molecule has 0 saturated carbocycles. The molecule has 2 heterocycles. The van der Waals surface area contributed by atoms with E-state index in [0.29, 0.717) is 5.69 Å². The summed E-state index contributed by atoms with van der Waals surface area (Å²) in [6, 6.07) is 0. The molecule has 3 N–H and O–H groups in total. The molecule has 0 fully saturated rings. The Morgan fingerprint density at radius 3 is 2.81 bits per heavy atom. The van der Waals surface area contributed by atoms with Gasteiger partial charge >= 0.3 is 0 Å². The molecule has 0 aromatic carbocycles. The summed E-state index contributed by atoms with van der Waals surface area (Å²) in [5.41, 5.74) is 7.60. The molecule has 0 atom stereocenters. The van der Waals surface area contributed by atoms with E-state index >= 15 is 0 Å². The van der Waals surface area contributed by atoms with Crippen LogP contribution in [0.15, 0.2) is 15.2 Å². The van der Waals surface area contributed by atoms with Crippen molar-refractivity contribution in [2.75, 3.05) is 5.73 Å². The molecule has 2 aromatic heterocycles. The zero-order valence-corrected chi connectivity index (χ0v) is 10.3. The van der Waals surface area contributed by atoms with Gasteiger partial charge in [0.15, 0.2) is 0 Å². The van der Waals surface area contributed by atoms with Gasteiger partial charge in [-0.15, -0.1) is 21.5 Å². The average Bonchev–Trinajstić information content (AvgIpc) is 2.85. The fourth-order valence-corrected chi connectivity index (χ4v) is 3.27. The molecule has 0 bridgehead atoms. The van der Waals surface area contributed by atoms with E-state index in [4.69, 9.17) is 5.73 Å².